The molecule has 0 aliphatic carbocycles. The van der Waals surface area contributed by atoms with E-state index in [2.05, 4.69) is 5.32 Å². The number of dihydropyridines is 1. The van der Waals surface area contributed by atoms with Crippen molar-refractivity contribution < 1.29 is 28.6 Å². The highest BCUT2D eigenvalue weighted by molar-refractivity contribution is 6.42. The summed E-state index contributed by atoms with van der Waals surface area (Å²) in [6, 6.07) is 4.85. The third-order valence-electron chi connectivity index (χ3n) is 4.26. The molecule has 8 nitrogen and oxygen atoms in total. The summed E-state index contributed by atoms with van der Waals surface area (Å²) in [4.78, 5) is 36.9. The van der Waals surface area contributed by atoms with E-state index >= 15 is 0 Å². The predicted octanol–water partition coefficient (Wildman–Crippen LogP) is 3.43. The van der Waals surface area contributed by atoms with Gasteiger partial charge in [-0.2, -0.15) is 0 Å². The molecule has 0 saturated heterocycles. The molecule has 1 aromatic carbocycles. The Hall–Kier alpha value is -2.71. The van der Waals surface area contributed by atoms with Crippen molar-refractivity contribution in [2.45, 2.75) is 32.8 Å². The molecular weight excluding hydrogens is 435 g/mol. The van der Waals surface area contributed by atoms with Crippen molar-refractivity contribution in [2.24, 2.45) is 5.73 Å². The summed E-state index contributed by atoms with van der Waals surface area (Å²) < 4.78 is 15.2. The Morgan fingerprint density at radius 3 is 2.40 bits per heavy atom. The molecule has 0 spiro atoms. The Kier molecular flexibility index (Phi) is 7.75. The minimum atomic E-state index is -1.03. The molecule has 2 rings (SSSR count). The fourth-order valence-corrected chi connectivity index (χ4v) is 3.52. The summed E-state index contributed by atoms with van der Waals surface area (Å²) in [5, 5.41) is 3.32. The molecule has 1 atom stereocenters. The van der Waals surface area contributed by atoms with Gasteiger partial charge in [0.05, 0.1) is 46.0 Å². The van der Waals surface area contributed by atoms with Crippen molar-refractivity contribution in [3.63, 3.8) is 0 Å². The zero-order valence-electron chi connectivity index (χ0n) is 16.9. The van der Waals surface area contributed by atoms with Gasteiger partial charge in [-0.1, -0.05) is 35.3 Å². The first-order valence-corrected chi connectivity index (χ1v) is 9.70. The van der Waals surface area contributed by atoms with E-state index in [9.17, 15) is 14.4 Å². The third kappa shape index (κ3) is 5.06. The number of nitrogens with two attached hydrogens (primary N) is 1. The molecule has 1 aliphatic rings. The number of amides is 1. The van der Waals surface area contributed by atoms with Crippen LogP contribution in [-0.2, 0) is 23.8 Å². The van der Waals surface area contributed by atoms with E-state index in [1.807, 2.05) is 0 Å². The van der Waals surface area contributed by atoms with Crippen LogP contribution >= 0.6 is 23.2 Å². The maximum atomic E-state index is 13.1. The number of ether oxygens (including phenoxy) is 3. The van der Waals surface area contributed by atoms with Gasteiger partial charge < -0.3 is 25.3 Å². The lowest BCUT2D eigenvalue weighted by Crippen LogP contribution is -2.36. The van der Waals surface area contributed by atoms with Gasteiger partial charge in [0.1, 0.15) is 6.61 Å². The summed E-state index contributed by atoms with van der Waals surface area (Å²) in [5.74, 6) is -2.39. The summed E-state index contributed by atoms with van der Waals surface area (Å²) in [6.45, 7) is 4.63. The Balaban J connectivity index is 2.78. The second-order valence-electron chi connectivity index (χ2n) is 6.69. The van der Waals surface area contributed by atoms with Gasteiger partial charge in [0.2, 0.25) is 0 Å². The molecule has 10 heteroatoms. The molecule has 0 bridgehead atoms. The van der Waals surface area contributed by atoms with Crippen LogP contribution in [0.5, 0.6) is 0 Å². The summed E-state index contributed by atoms with van der Waals surface area (Å²) >= 11 is 12.6. The molecule has 1 amide bonds. The molecule has 3 N–H and O–H groups in total. The first kappa shape index (κ1) is 23.6. The van der Waals surface area contributed by atoms with Crippen LogP contribution in [0.2, 0.25) is 10.0 Å². The molecule has 30 heavy (non-hydrogen) atoms. The van der Waals surface area contributed by atoms with E-state index in [1.54, 1.807) is 39.0 Å². The van der Waals surface area contributed by atoms with E-state index in [0.29, 0.717) is 11.3 Å². The Morgan fingerprint density at radius 2 is 1.83 bits per heavy atom. The number of carbonyl (C=O) groups is 3. The number of carbonyl (C=O) groups excluding carboxylic acids is 3. The first-order chi connectivity index (χ1) is 14.1. The van der Waals surface area contributed by atoms with Crippen LogP contribution in [0.3, 0.4) is 0 Å². The fraction of sp³-hybridized carbons (Fsp3) is 0.350. The highest BCUT2D eigenvalue weighted by Crippen LogP contribution is 2.43. The monoisotopic (exact) mass is 456 g/mol. The minimum Gasteiger partial charge on any atom is -0.466 e. The number of hydrogen-bond donors (Lipinski definition) is 2. The number of esters is 2. The molecule has 0 aromatic heterocycles. The molecule has 1 aliphatic heterocycles. The Morgan fingerprint density at radius 1 is 1.17 bits per heavy atom. The number of hydrogen-bond acceptors (Lipinski definition) is 7. The number of allylic oxidation sites excluding steroid dienone is 1. The maximum Gasteiger partial charge on any atom is 0.404 e. The first-order valence-electron chi connectivity index (χ1n) is 8.94. The van der Waals surface area contributed by atoms with E-state index in [1.165, 1.54) is 7.11 Å². The number of halogens is 2. The highest BCUT2D eigenvalue weighted by Gasteiger charge is 2.40. The standard InChI is InChI=1S/C20H22Cl2N2O6/c1-9(2)30-19(26)16-13(8-29-20(23)27)24-10(3)14(18(25)28-4)15(16)11-6-5-7-12(21)17(11)22/h5-7,9,15,24H,8H2,1-4H3,(H2,23,27)/t15-/m0/s1. The zero-order chi connectivity index (χ0) is 22.6. The Bertz CT molecular complexity index is 939. The van der Waals surface area contributed by atoms with Crippen LogP contribution in [-0.4, -0.2) is 37.9 Å². The van der Waals surface area contributed by atoms with Crippen LogP contribution in [0.1, 0.15) is 32.3 Å². The molecule has 1 aromatic rings. The summed E-state index contributed by atoms with van der Waals surface area (Å²) in [5.41, 5.74) is 6.22. The van der Waals surface area contributed by atoms with Crippen LogP contribution in [0.4, 0.5) is 4.79 Å². The lowest BCUT2D eigenvalue weighted by molar-refractivity contribution is -0.143. The number of nitrogens with one attached hydrogen (secondary N) is 1. The fourth-order valence-electron chi connectivity index (χ4n) is 3.11. The lowest BCUT2D eigenvalue weighted by Gasteiger charge is -2.32. The van der Waals surface area contributed by atoms with E-state index in [4.69, 9.17) is 43.1 Å². The molecule has 0 radical (unpaired) electrons. The van der Waals surface area contributed by atoms with Gasteiger partial charge in [-0.05, 0) is 32.4 Å². The summed E-state index contributed by atoms with van der Waals surface area (Å²) in [7, 11) is 1.22. The van der Waals surface area contributed by atoms with Crippen LogP contribution in [0.15, 0.2) is 40.7 Å². The van der Waals surface area contributed by atoms with E-state index in [0.717, 1.165) is 0 Å². The van der Waals surface area contributed by atoms with Crippen molar-refractivity contribution in [2.75, 3.05) is 13.7 Å². The quantitative estimate of drug-likeness (QED) is 0.497. The second-order valence-corrected chi connectivity index (χ2v) is 7.47. The lowest BCUT2D eigenvalue weighted by atomic mass is 9.80. The van der Waals surface area contributed by atoms with Crippen molar-refractivity contribution in [1.82, 2.24) is 5.32 Å². The number of rotatable bonds is 6. The van der Waals surface area contributed by atoms with Gasteiger partial charge in [0.15, 0.2) is 0 Å². The molecular formula is C20H22Cl2N2O6. The smallest absolute Gasteiger partial charge is 0.404 e. The average Bonchev–Trinajstić information content (AvgIpc) is 2.66. The highest BCUT2D eigenvalue weighted by atomic mass is 35.5. The van der Waals surface area contributed by atoms with Gasteiger partial charge in [0.25, 0.3) is 0 Å². The van der Waals surface area contributed by atoms with Gasteiger partial charge in [-0.15, -0.1) is 0 Å². The van der Waals surface area contributed by atoms with Crippen LogP contribution in [0, 0.1) is 0 Å². The molecule has 0 fully saturated rings. The molecule has 1 heterocycles. The molecule has 0 unspecified atom stereocenters. The van der Waals surface area contributed by atoms with Crippen molar-refractivity contribution >= 4 is 41.2 Å². The van der Waals surface area contributed by atoms with Crippen molar-refractivity contribution in [1.29, 1.82) is 0 Å². The van der Waals surface area contributed by atoms with Gasteiger partial charge in [-0.3, -0.25) is 0 Å². The second kappa shape index (κ2) is 9.86. The SMILES string of the molecule is COC(=O)C1=C(C)NC(COC(N)=O)=C(C(=O)OC(C)C)[C@H]1c1cccc(Cl)c1Cl. The third-order valence-corrected chi connectivity index (χ3v) is 5.10. The van der Waals surface area contributed by atoms with Gasteiger partial charge in [0, 0.05) is 5.70 Å². The predicted molar refractivity (Wildman–Crippen MR) is 111 cm³/mol. The number of benzene rings is 1. The molecule has 0 saturated carbocycles. The maximum absolute atomic E-state index is 13.1. The largest absolute Gasteiger partial charge is 0.466 e. The Labute approximate surface area is 183 Å². The summed E-state index contributed by atoms with van der Waals surface area (Å²) in [6.07, 6.45) is -1.48. The minimum absolute atomic E-state index is 0.0279. The molecule has 162 valence electrons. The van der Waals surface area contributed by atoms with Crippen molar-refractivity contribution in [3.8, 4) is 0 Å². The number of primary amides is 1. The normalized spacial score (nSPS) is 16.3. The van der Waals surface area contributed by atoms with Crippen molar-refractivity contribution in [3.05, 3.63) is 56.3 Å². The van der Waals surface area contributed by atoms with Crippen LogP contribution < -0.4 is 11.1 Å². The number of methoxy groups -OCH3 is 1. The topological polar surface area (TPSA) is 117 Å². The van der Waals surface area contributed by atoms with E-state index in [-0.39, 0.29) is 33.5 Å². The van der Waals surface area contributed by atoms with Gasteiger partial charge in [-0.25, -0.2) is 14.4 Å². The van der Waals surface area contributed by atoms with Crippen LogP contribution in [0.25, 0.3) is 0 Å². The average molecular weight is 457 g/mol. The van der Waals surface area contributed by atoms with Gasteiger partial charge >= 0.3 is 18.0 Å². The van der Waals surface area contributed by atoms with E-state index < -0.39 is 30.1 Å². The zero-order valence-corrected chi connectivity index (χ0v) is 18.4.